The zero-order valence-electron chi connectivity index (χ0n) is 11.2. The smallest absolute Gasteiger partial charge is 0.229 e. The highest BCUT2D eigenvalue weighted by Crippen LogP contribution is 2.33. The molecule has 0 saturated heterocycles. The van der Waals surface area contributed by atoms with Gasteiger partial charge in [-0.2, -0.15) is 9.36 Å². The lowest BCUT2D eigenvalue weighted by molar-refractivity contribution is 0.986. The van der Waals surface area contributed by atoms with Crippen LogP contribution in [0.1, 0.15) is 11.3 Å². The molecule has 0 unspecified atom stereocenters. The Labute approximate surface area is 133 Å². The Hall–Kier alpha value is -1.80. The number of nitrogens with one attached hydrogen (secondary N) is 1. The predicted molar refractivity (Wildman–Crippen MR) is 88.7 cm³/mol. The largest absolute Gasteiger partial charge is 0.314 e. The van der Waals surface area contributed by atoms with Crippen molar-refractivity contribution < 1.29 is 0 Å². The van der Waals surface area contributed by atoms with Crippen LogP contribution in [0.4, 0.5) is 16.8 Å². The van der Waals surface area contributed by atoms with Crippen LogP contribution in [0.25, 0.3) is 6.08 Å². The Morgan fingerprint density at radius 1 is 1.43 bits per heavy atom. The summed E-state index contributed by atoms with van der Waals surface area (Å²) in [7, 11) is 0. The maximum absolute atomic E-state index is 4.63. The fraction of sp³-hybridized carbons (Fsp3) is 0.231. The van der Waals surface area contributed by atoms with Gasteiger partial charge in [-0.05, 0) is 46.5 Å². The molecule has 0 aliphatic carbocycles. The van der Waals surface area contributed by atoms with Gasteiger partial charge < -0.3 is 10.2 Å². The Bertz CT molecular complexity index is 781. The minimum Gasteiger partial charge on any atom is -0.314 e. The van der Waals surface area contributed by atoms with Gasteiger partial charge in [0.2, 0.25) is 5.95 Å². The molecule has 0 saturated carbocycles. The standard InChI is InChI=1S/C13H11BrN6S/c1-7-4-10(21-19-7)17-13-16-6-8-5-9(14)12-15-2-3-20(12)11(8)18-13/h4-6H,2-3H2,1H3,(H,16,17,18). The molecule has 4 heterocycles. The third-order valence-corrected chi connectivity index (χ3v) is 4.63. The first-order valence-electron chi connectivity index (χ1n) is 6.47. The molecular formula is C13H11BrN6S. The first-order valence-corrected chi connectivity index (χ1v) is 8.04. The van der Waals surface area contributed by atoms with Crippen molar-refractivity contribution in [3.05, 3.63) is 28.0 Å². The van der Waals surface area contributed by atoms with Crippen molar-refractivity contribution in [3.8, 4) is 0 Å². The van der Waals surface area contributed by atoms with Crippen LogP contribution in [-0.4, -0.2) is 33.3 Å². The second-order valence-electron chi connectivity index (χ2n) is 4.78. The zero-order chi connectivity index (χ0) is 14.4. The molecule has 6 nitrogen and oxygen atoms in total. The van der Waals surface area contributed by atoms with E-state index in [9.17, 15) is 0 Å². The van der Waals surface area contributed by atoms with Crippen molar-refractivity contribution in [2.75, 3.05) is 23.3 Å². The van der Waals surface area contributed by atoms with Crippen LogP contribution in [0.5, 0.6) is 0 Å². The lowest BCUT2D eigenvalue weighted by Crippen LogP contribution is -2.31. The number of aryl methyl sites for hydroxylation is 1. The first kappa shape index (κ1) is 12.9. The summed E-state index contributed by atoms with van der Waals surface area (Å²) in [5, 5.41) is 4.14. The van der Waals surface area contributed by atoms with Crippen LogP contribution in [0.3, 0.4) is 0 Å². The van der Waals surface area contributed by atoms with Crippen LogP contribution < -0.4 is 10.2 Å². The van der Waals surface area contributed by atoms with Crippen LogP contribution in [0, 0.1) is 6.92 Å². The third-order valence-electron chi connectivity index (χ3n) is 3.25. The molecule has 0 fully saturated rings. The van der Waals surface area contributed by atoms with Gasteiger partial charge in [0, 0.05) is 18.3 Å². The van der Waals surface area contributed by atoms with Gasteiger partial charge in [-0.1, -0.05) is 0 Å². The first-order chi connectivity index (χ1) is 10.2. The van der Waals surface area contributed by atoms with Gasteiger partial charge >= 0.3 is 0 Å². The summed E-state index contributed by atoms with van der Waals surface area (Å²) >= 11 is 4.95. The second-order valence-corrected chi connectivity index (χ2v) is 6.44. The van der Waals surface area contributed by atoms with E-state index in [0.29, 0.717) is 5.95 Å². The highest BCUT2D eigenvalue weighted by atomic mass is 79.9. The van der Waals surface area contributed by atoms with Gasteiger partial charge in [0.25, 0.3) is 0 Å². The van der Waals surface area contributed by atoms with Crippen molar-refractivity contribution in [1.29, 1.82) is 0 Å². The van der Waals surface area contributed by atoms with E-state index in [0.717, 1.165) is 45.5 Å². The summed E-state index contributed by atoms with van der Waals surface area (Å²) in [6.07, 6.45) is 3.84. The number of rotatable bonds is 2. The molecule has 4 rings (SSSR count). The number of amidine groups is 1. The normalized spacial score (nSPS) is 16.2. The van der Waals surface area contributed by atoms with E-state index in [4.69, 9.17) is 0 Å². The number of nitrogens with zero attached hydrogens (tertiary/aromatic N) is 5. The average Bonchev–Trinajstić information content (AvgIpc) is 3.09. The third kappa shape index (κ3) is 2.24. The van der Waals surface area contributed by atoms with Gasteiger partial charge in [0.15, 0.2) is 0 Å². The molecule has 0 aromatic carbocycles. The predicted octanol–water partition coefficient (Wildman–Crippen LogP) is 2.95. The molecule has 2 aliphatic heterocycles. The Morgan fingerprint density at radius 3 is 3.14 bits per heavy atom. The zero-order valence-corrected chi connectivity index (χ0v) is 13.6. The van der Waals surface area contributed by atoms with E-state index in [-0.39, 0.29) is 0 Å². The van der Waals surface area contributed by atoms with Crippen LogP contribution in [0.15, 0.2) is 21.7 Å². The molecule has 0 radical (unpaired) electrons. The minimum absolute atomic E-state index is 0.579. The maximum Gasteiger partial charge on any atom is 0.229 e. The average molecular weight is 363 g/mol. The molecule has 2 aromatic rings. The molecule has 0 bridgehead atoms. The van der Waals surface area contributed by atoms with Gasteiger partial charge in [0.05, 0.1) is 16.7 Å². The molecular weight excluding hydrogens is 352 g/mol. The number of fused-ring (bicyclic) bond motifs is 3. The Balaban J connectivity index is 1.71. The monoisotopic (exact) mass is 362 g/mol. The summed E-state index contributed by atoms with van der Waals surface area (Å²) in [5.41, 5.74) is 1.98. The summed E-state index contributed by atoms with van der Waals surface area (Å²) in [4.78, 5) is 15.6. The van der Waals surface area contributed by atoms with Crippen molar-refractivity contribution in [1.82, 2.24) is 14.3 Å². The fourth-order valence-electron chi connectivity index (χ4n) is 2.35. The van der Waals surface area contributed by atoms with Crippen molar-refractivity contribution in [3.63, 3.8) is 0 Å². The Morgan fingerprint density at radius 2 is 2.33 bits per heavy atom. The van der Waals surface area contributed by atoms with Crippen molar-refractivity contribution >= 4 is 56.1 Å². The molecule has 21 heavy (non-hydrogen) atoms. The molecule has 0 spiro atoms. The summed E-state index contributed by atoms with van der Waals surface area (Å²) in [5.74, 6) is 2.42. The highest BCUT2D eigenvalue weighted by Gasteiger charge is 2.28. The molecule has 106 valence electrons. The number of hydrogen-bond acceptors (Lipinski definition) is 7. The van der Waals surface area contributed by atoms with Gasteiger partial charge in [0.1, 0.15) is 16.7 Å². The molecule has 0 atom stereocenters. The van der Waals surface area contributed by atoms with E-state index in [1.165, 1.54) is 11.5 Å². The van der Waals surface area contributed by atoms with Crippen LogP contribution in [-0.2, 0) is 0 Å². The number of halogens is 1. The van der Waals surface area contributed by atoms with Crippen molar-refractivity contribution in [2.45, 2.75) is 6.92 Å². The van der Waals surface area contributed by atoms with Crippen LogP contribution >= 0.6 is 27.5 Å². The number of hydrogen-bond donors (Lipinski definition) is 1. The summed E-state index contributed by atoms with van der Waals surface area (Å²) in [6, 6.07) is 1.98. The van der Waals surface area contributed by atoms with Crippen molar-refractivity contribution in [2.24, 2.45) is 4.99 Å². The van der Waals surface area contributed by atoms with E-state index in [1.54, 1.807) is 0 Å². The van der Waals surface area contributed by atoms with Gasteiger partial charge in [-0.25, -0.2) is 4.98 Å². The van der Waals surface area contributed by atoms with E-state index >= 15 is 0 Å². The SMILES string of the molecule is Cc1cc(Nc2ncc3c(n2)N2CCN=C2C(Br)=C3)sn1. The quantitative estimate of drug-likeness (QED) is 0.889. The fourth-order valence-corrected chi connectivity index (χ4v) is 3.59. The lowest BCUT2D eigenvalue weighted by Gasteiger charge is -2.25. The topological polar surface area (TPSA) is 66.3 Å². The molecule has 1 N–H and O–H groups in total. The summed E-state index contributed by atoms with van der Waals surface area (Å²) in [6.45, 7) is 3.60. The highest BCUT2D eigenvalue weighted by molar-refractivity contribution is 9.12. The van der Waals surface area contributed by atoms with E-state index in [2.05, 4.69) is 45.5 Å². The second kappa shape index (κ2) is 4.88. The molecule has 8 heteroatoms. The number of aliphatic imine (C=N–C) groups is 1. The Kier molecular flexibility index (Phi) is 3.00. The van der Waals surface area contributed by atoms with Gasteiger partial charge in [-0.3, -0.25) is 4.99 Å². The van der Waals surface area contributed by atoms with Gasteiger partial charge in [-0.15, -0.1) is 0 Å². The number of aromatic nitrogens is 3. The summed E-state index contributed by atoms with van der Waals surface area (Å²) < 4.78 is 5.22. The molecule has 0 amide bonds. The van der Waals surface area contributed by atoms with Crippen LogP contribution in [0.2, 0.25) is 0 Å². The maximum atomic E-state index is 4.63. The lowest BCUT2D eigenvalue weighted by atomic mass is 10.2. The minimum atomic E-state index is 0.579. The van der Waals surface area contributed by atoms with E-state index < -0.39 is 0 Å². The van der Waals surface area contributed by atoms with E-state index in [1.807, 2.05) is 25.3 Å². The molecule has 2 aliphatic rings. The number of anilines is 3. The molecule has 2 aromatic heterocycles.